The standard InChI is InChI=1S/C27H24N2O5/c1-17-23(30)20-12-8-13-21(25(20)34-24(17)18-9-4-3-5-10-18)27(32)29-22-14-7-6-11-19(22)26(31)28-15-16-33-2/h3-14H,15-16H2,1-2H3,(H,28,31)(H,29,32). The molecule has 2 amide bonds. The number of carbonyl (C=O) groups excluding carboxylic acids is 2. The molecule has 0 aliphatic carbocycles. The van der Waals surface area contributed by atoms with Crippen molar-refractivity contribution >= 4 is 28.5 Å². The Kier molecular flexibility index (Phi) is 6.85. The van der Waals surface area contributed by atoms with Gasteiger partial charge in [0, 0.05) is 24.8 Å². The monoisotopic (exact) mass is 456 g/mol. The molecule has 0 saturated carbocycles. The number of hydrogen-bond acceptors (Lipinski definition) is 5. The van der Waals surface area contributed by atoms with E-state index in [1.807, 2.05) is 30.3 Å². The first-order valence-electron chi connectivity index (χ1n) is 10.8. The van der Waals surface area contributed by atoms with Crippen molar-refractivity contribution in [3.63, 3.8) is 0 Å². The molecule has 2 N–H and O–H groups in total. The van der Waals surface area contributed by atoms with E-state index in [9.17, 15) is 14.4 Å². The molecule has 34 heavy (non-hydrogen) atoms. The van der Waals surface area contributed by atoms with Crippen molar-refractivity contribution in [1.82, 2.24) is 5.32 Å². The van der Waals surface area contributed by atoms with E-state index in [4.69, 9.17) is 9.15 Å². The average molecular weight is 456 g/mol. The minimum absolute atomic E-state index is 0.191. The lowest BCUT2D eigenvalue weighted by Crippen LogP contribution is -2.28. The van der Waals surface area contributed by atoms with Gasteiger partial charge in [0.2, 0.25) is 0 Å². The fourth-order valence-corrected chi connectivity index (χ4v) is 3.69. The molecule has 7 nitrogen and oxygen atoms in total. The van der Waals surface area contributed by atoms with E-state index in [1.165, 1.54) is 0 Å². The molecule has 0 aliphatic heterocycles. The second-order valence-electron chi connectivity index (χ2n) is 7.68. The number of para-hydroxylation sites is 2. The molecule has 0 atom stereocenters. The lowest BCUT2D eigenvalue weighted by atomic mass is 10.0. The van der Waals surface area contributed by atoms with Crippen LogP contribution in [0.5, 0.6) is 0 Å². The van der Waals surface area contributed by atoms with Gasteiger partial charge in [0.1, 0.15) is 5.76 Å². The summed E-state index contributed by atoms with van der Waals surface area (Å²) in [5.74, 6) is -0.413. The normalized spacial score (nSPS) is 10.8. The van der Waals surface area contributed by atoms with Crippen LogP contribution in [0.1, 0.15) is 26.3 Å². The summed E-state index contributed by atoms with van der Waals surface area (Å²) in [5, 5.41) is 5.85. The van der Waals surface area contributed by atoms with Crippen molar-refractivity contribution in [2.45, 2.75) is 6.92 Å². The Bertz CT molecular complexity index is 1410. The molecule has 0 bridgehead atoms. The van der Waals surface area contributed by atoms with Crippen LogP contribution in [0.15, 0.2) is 82.0 Å². The third-order valence-electron chi connectivity index (χ3n) is 5.44. The van der Waals surface area contributed by atoms with Crippen LogP contribution >= 0.6 is 0 Å². The topological polar surface area (TPSA) is 97.6 Å². The fourth-order valence-electron chi connectivity index (χ4n) is 3.69. The number of hydrogen-bond donors (Lipinski definition) is 2. The van der Waals surface area contributed by atoms with Crippen LogP contribution in [0.25, 0.3) is 22.3 Å². The molecular formula is C27H24N2O5. The highest BCUT2D eigenvalue weighted by Gasteiger charge is 2.20. The highest BCUT2D eigenvalue weighted by atomic mass is 16.5. The second-order valence-corrected chi connectivity index (χ2v) is 7.68. The fraction of sp³-hybridized carbons (Fsp3) is 0.148. The molecule has 4 rings (SSSR count). The largest absolute Gasteiger partial charge is 0.455 e. The zero-order valence-electron chi connectivity index (χ0n) is 18.9. The Balaban J connectivity index is 1.73. The molecular weight excluding hydrogens is 432 g/mol. The van der Waals surface area contributed by atoms with Gasteiger partial charge in [0.25, 0.3) is 11.8 Å². The third-order valence-corrected chi connectivity index (χ3v) is 5.44. The van der Waals surface area contributed by atoms with Gasteiger partial charge in [0.15, 0.2) is 11.0 Å². The molecule has 4 aromatic rings. The van der Waals surface area contributed by atoms with Crippen LogP contribution in [0.4, 0.5) is 5.69 Å². The van der Waals surface area contributed by atoms with Gasteiger partial charge < -0.3 is 19.8 Å². The van der Waals surface area contributed by atoms with Gasteiger partial charge in [-0.3, -0.25) is 14.4 Å². The predicted octanol–water partition coefficient (Wildman–Crippen LogP) is 4.40. The number of ether oxygens (including phenoxy) is 1. The number of nitrogens with one attached hydrogen (secondary N) is 2. The first kappa shape index (κ1) is 22.9. The molecule has 1 aromatic heterocycles. The van der Waals surface area contributed by atoms with E-state index in [-0.39, 0.29) is 22.5 Å². The highest BCUT2D eigenvalue weighted by Crippen LogP contribution is 2.28. The van der Waals surface area contributed by atoms with E-state index >= 15 is 0 Å². The molecule has 0 saturated heterocycles. The quantitative estimate of drug-likeness (QED) is 0.402. The zero-order valence-corrected chi connectivity index (χ0v) is 18.9. The first-order chi connectivity index (χ1) is 16.5. The van der Waals surface area contributed by atoms with Crippen molar-refractivity contribution in [2.75, 3.05) is 25.6 Å². The van der Waals surface area contributed by atoms with Crippen molar-refractivity contribution in [2.24, 2.45) is 0 Å². The summed E-state index contributed by atoms with van der Waals surface area (Å²) in [6.45, 7) is 2.42. The van der Waals surface area contributed by atoms with E-state index in [2.05, 4.69) is 10.6 Å². The van der Waals surface area contributed by atoms with Crippen LogP contribution in [-0.2, 0) is 4.74 Å². The Labute approximate surface area is 196 Å². The number of amides is 2. The number of methoxy groups -OCH3 is 1. The Morgan fingerprint density at radius 3 is 2.35 bits per heavy atom. The van der Waals surface area contributed by atoms with E-state index in [1.54, 1.807) is 56.5 Å². The average Bonchev–Trinajstić information content (AvgIpc) is 2.86. The lowest BCUT2D eigenvalue weighted by molar-refractivity contribution is 0.0938. The number of fused-ring (bicyclic) bond motifs is 1. The van der Waals surface area contributed by atoms with Gasteiger partial charge in [-0.15, -0.1) is 0 Å². The summed E-state index contributed by atoms with van der Waals surface area (Å²) in [6, 6.07) is 20.8. The van der Waals surface area contributed by atoms with E-state index < -0.39 is 5.91 Å². The summed E-state index contributed by atoms with van der Waals surface area (Å²) in [7, 11) is 1.55. The summed E-state index contributed by atoms with van der Waals surface area (Å²) >= 11 is 0. The summed E-state index contributed by atoms with van der Waals surface area (Å²) in [5.41, 5.74) is 2.05. The molecule has 0 radical (unpaired) electrons. The van der Waals surface area contributed by atoms with E-state index in [0.29, 0.717) is 41.1 Å². The zero-order chi connectivity index (χ0) is 24.1. The lowest BCUT2D eigenvalue weighted by Gasteiger charge is -2.13. The molecule has 0 aliphatic rings. The van der Waals surface area contributed by atoms with Crippen molar-refractivity contribution in [1.29, 1.82) is 0 Å². The van der Waals surface area contributed by atoms with Crippen LogP contribution in [0.3, 0.4) is 0 Å². The molecule has 0 fully saturated rings. The SMILES string of the molecule is COCCNC(=O)c1ccccc1NC(=O)c1cccc2c(=O)c(C)c(-c3ccccc3)oc12. The maximum Gasteiger partial charge on any atom is 0.259 e. The molecule has 172 valence electrons. The molecule has 3 aromatic carbocycles. The van der Waals surface area contributed by atoms with Gasteiger partial charge >= 0.3 is 0 Å². The Morgan fingerprint density at radius 1 is 0.882 bits per heavy atom. The summed E-state index contributed by atoms with van der Waals surface area (Å²) in [6.07, 6.45) is 0. The first-order valence-corrected chi connectivity index (χ1v) is 10.8. The van der Waals surface area contributed by atoms with Crippen LogP contribution in [-0.4, -0.2) is 32.1 Å². The summed E-state index contributed by atoms with van der Waals surface area (Å²) in [4.78, 5) is 38.9. The minimum Gasteiger partial charge on any atom is -0.455 e. The molecule has 0 spiro atoms. The molecule has 0 unspecified atom stereocenters. The van der Waals surface area contributed by atoms with Crippen molar-refractivity contribution in [3.8, 4) is 11.3 Å². The minimum atomic E-state index is -0.492. The van der Waals surface area contributed by atoms with Crippen LogP contribution in [0, 0.1) is 6.92 Å². The van der Waals surface area contributed by atoms with Gasteiger partial charge in [-0.1, -0.05) is 48.5 Å². The Morgan fingerprint density at radius 2 is 1.59 bits per heavy atom. The van der Waals surface area contributed by atoms with Crippen LogP contribution < -0.4 is 16.1 Å². The summed E-state index contributed by atoms with van der Waals surface area (Å²) < 4.78 is 11.1. The second kappa shape index (κ2) is 10.1. The molecule has 7 heteroatoms. The third kappa shape index (κ3) is 4.60. The maximum atomic E-state index is 13.3. The maximum absolute atomic E-state index is 13.3. The van der Waals surface area contributed by atoms with Gasteiger partial charge in [-0.25, -0.2) is 0 Å². The van der Waals surface area contributed by atoms with Gasteiger partial charge in [-0.2, -0.15) is 0 Å². The Hall–Kier alpha value is -4.23. The van der Waals surface area contributed by atoms with Gasteiger partial charge in [-0.05, 0) is 31.2 Å². The highest BCUT2D eigenvalue weighted by molar-refractivity contribution is 6.13. The predicted molar refractivity (Wildman–Crippen MR) is 131 cm³/mol. The molecule has 1 heterocycles. The van der Waals surface area contributed by atoms with Gasteiger partial charge in [0.05, 0.1) is 28.8 Å². The smallest absolute Gasteiger partial charge is 0.259 e. The van der Waals surface area contributed by atoms with Crippen molar-refractivity contribution < 1.29 is 18.7 Å². The van der Waals surface area contributed by atoms with Crippen LogP contribution in [0.2, 0.25) is 0 Å². The number of benzene rings is 3. The number of rotatable bonds is 7. The van der Waals surface area contributed by atoms with Crippen molar-refractivity contribution in [3.05, 3.63) is 99.7 Å². The number of carbonyl (C=O) groups is 2. The number of anilines is 1. The van der Waals surface area contributed by atoms with E-state index in [0.717, 1.165) is 5.56 Å².